The monoisotopic (exact) mass is 526 g/mol. The topological polar surface area (TPSA) is 75.7 Å². The van der Waals surface area contributed by atoms with Gasteiger partial charge in [-0.15, -0.1) is 0 Å². The van der Waals surface area contributed by atoms with Gasteiger partial charge in [-0.1, -0.05) is 29.8 Å². The number of alkyl halides is 1. The number of hydrogen-bond acceptors (Lipinski definition) is 5. The van der Waals surface area contributed by atoms with Crippen molar-refractivity contribution in [2.45, 2.75) is 43.8 Å². The Labute approximate surface area is 209 Å². The zero-order valence-corrected chi connectivity index (χ0v) is 21.0. The van der Waals surface area contributed by atoms with Gasteiger partial charge in [0, 0.05) is 22.5 Å². The van der Waals surface area contributed by atoms with Crippen LogP contribution in [0.3, 0.4) is 0 Å². The van der Waals surface area contributed by atoms with Crippen LogP contribution in [0.2, 0.25) is 5.02 Å². The van der Waals surface area contributed by atoms with E-state index in [9.17, 15) is 17.6 Å². The normalized spacial score (nSPS) is 20.2. The van der Waals surface area contributed by atoms with Gasteiger partial charge in [0.15, 0.2) is 0 Å². The van der Waals surface area contributed by atoms with E-state index in [0.29, 0.717) is 43.8 Å². The van der Waals surface area contributed by atoms with Gasteiger partial charge in [0.1, 0.15) is 5.82 Å². The zero-order valence-electron chi connectivity index (χ0n) is 19.4. The van der Waals surface area contributed by atoms with Crippen molar-refractivity contribution in [3.8, 4) is 0 Å². The summed E-state index contributed by atoms with van der Waals surface area (Å²) in [7, 11) is -4.72. The van der Waals surface area contributed by atoms with E-state index in [4.69, 9.17) is 16.3 Å². The minimum absolute atomic E-state index is 0.0385. The number of nitrogens with one attached hydrogen (secondary N) is 1. The molecule has 0 aromatic heterocycles. The minimum Gasteiger partial charge on any atom is -0.332 e. The van der Waals surface area contributed by atoms with Crippen LogP contribution >= 0.6 is 11.6 Å². The van der Waals surface area contributed by atoms with Gasteiger partial charge in [-0.3, -0.25) is 9.69 Å². The average molecular weight is 527 g/mol. The van der Waals surface area contributed by atoms with E-state index in [2.05, 4.69) is 4.90 Å². The molecule has 2 aliphatic rings. The summed E-state index contributed by atoms with van der Waals surface area (Å²) in [6.07, 6.45) is 2.10. The first-order valence-electron chi connectivity index (χ1n) is 11.7. The summed E-state index contributed by atoms with van der Waals surface area (Å²) in [6, 6.07) is 12.2. The second-order valence-electron chi connectivity index (χ2n) is 9.33. The molecule has 1 N–H and O–H groups in total. The van der Waals surface area contributed by atoms with Gasteiger partial charge in [-0.25, -0.2) is 17.5 Å². The quantitative estimate of drug-likeness (QED) is 0.494. The summed E-state index contributed by atoms with van der Waals surface area (Å²) in [5, 5.41) is -2.62. The average Bonchev–Trinajstić information content (AvgIpc) is 3.68. The summed E-state index contributed by atoms with van der Waals surface area (Å²) < 4.78 is 62.6. The van der Waals surface area contributed by atoms with Gasteiger partial charge >= 0.3 is 5.19 Å². The van der Waals surface area contributed by atoms with Gasteiger partial charge in [0.25, 0.3) is 15.9 Å². The summed E-state index contributed by atoms with van der Waals surface area (Å²) in [5.74, 6) is -2.12. The van der Waals surface area contributed by atoms with Crippen LogP contribution in [-0.2, 0) is 14.8 Å². The highest BCUT2D eigenvalue weighted by atomic mass is 35.5. The predicted molar refractivity (Wildman–Crippen MR) is 129 cm³/mol. The van der Waals surface area contributed by atoms with Crippen LogP contribution in [0.15, 0.2) is 48.5 Å². The molecule has 10 heteroatoms. The van der Waals surface area contributed by atoms with Crippen molar-refractivity contribution in [2.75, 3.05) is 19.7 Å². The smallest absolute Gasteiger partial charge is 0.332 e. The van der Waals surface area contributed by atoms with E-state index in [1.165, 1.54) is 24.3 Å². The standard InChI is InChI=1S/C25H29ClF2N2O4S/c1-17(20-13-22(26)15-23(27)14-20)30-11-9-18(10-12-30)16-34-25(28,21-7-8-21)35(32,33)29-24(31)19-5-3-2-4-6-19/h2-6,13-15,17-18,21H,7-12,16H2,1H3,(H,29,31)/t17-,25+/m1/s1. The van der Waals surface area contributed by atoms with E-state index in [1.807, 2.05) is 11.6 Å². The van der Waals surface area contributed by atoms with Crippen molar-refractivity contribution in [3.05, 3.63) is 70.5 Å². The molecule has 0 unspecified atom stereocenters. The number of benzene rings is 2. The number of carbonyl (C=O) groups is 1. The highest BCUT2D eigenvalue weighted by Gasteiger charge is 2.58. The number of piperidine rings is 1. The Hall–Kier alpha value is -2.07. The highest BCUT2D eigenvalue weighted by molar-refractivity contribution is 7.91. The molecule has 1 saturated heterocycles. The predicted octanol–water partition coefficient (Wildman–Crippen LogP) is 5.06. The summed E-state index contributed by atoms with van der Waals surface area (Å²) in [6.45, 7) is 3.25. The first kappa shape index (κ1) is 26.0. The van der Waals surface area contributed by atoms with Crippen LogP contribution in [0, 0.1) is 17.7 Å². The lowest BCUT2D eigenvalue weighted by Gasteiger charge is -2.37. The number of amides is 1. The molecule has 1 aliphatic heterocycles. The minimum atomic E-state index is -4.72. The number of halogens is 3. The van der Waals surface area contributed by atoms with E-state index in [0.717, 1.165) is 5.56 Å². The number of ether oxygens (including phenoxy) is 1. The van der Waals surface area contributed by atoms with Crippen LogP contribution in [0.1, 0.15) is 54.6 Å². The van der Waals surface area contributed by atoms with Gasteiger partial charge in [0.05, 0.1) is 6.61 Å². The van der Waals surface area contributed by atoms with Crippen LogP contribution < -0.4 is 4.72 Å². The maximum Gasteiger partial charge on any atom is 0.333 e. The van der Waals surface area contributed by atoms with E-state index in [1.54, 1.807) is 24.3 Å². The van der Waals surface area contributed by atoms with Crippen LogP contribution in [0.5, 0.6) is 0 Å². The van der Waals surface area contributed by atoms with Crippen molar-refractivity contribution >= 4 is 27.5 Å². The Bertz CT molecular complexity index is 1140. The third kappa shape index (κ3) is 6.02. The Balaban J connectivity index is 1.35. The van der Waals surface area contributed by atoms with Crippen LogP contribution in [-0.4, -0.2) is 44.1 Å². The number of carbonyl (C=O) groups excluding carboxylic acids is 1. The molecule has 190 valence electrons. The lowest BCUT2D eigenvalue weighted by Crippen LogP contribution is -2.49. The Morgan fingerprint density at radius 1 is 1.17 bits per heavy atom. The first-order valence-corrected chi connectivity index (χ1v) is 13.6. The Morgan fingerprint density at radius 2 is 1.83 bits per heavy atom. The lowest BCUT2D eigenvalue weighted by atomic mass is 9.95. The molecule has 1 heterocycles. The molecule has 0 radical (unpaired) electrons. The number of likely N-dealkylation sites (tertiary alicyclic amines) is 1. The second-order valence-corrected chi connectivity index (χ2v) is 11.5. The third-order valence-electron chi connectivity index (χ3n) is 6.77. The van der Waals surface area contributed by atoms with Crippen molar-refractivity contribution in [1.29, 1.82) is 0 Å². The fraction of sp³-hybridized carbons (Fsp3) is 0.480. The van der Waals surface area contributed by atoms with Gasteiger partial charge in [-0.05, 0) is 87.5 Å². The van der Waals surface area contributed by atoms with Crippen molar-refractivity contribution < 1.29 is 26.7 Å². The first-order chi connectivity index (χ1) is 16.6. The van der Waals surface area contributed by atoms with Gasteiger partial charge < -0.3 is 4.74 Å². The molecule has 6 nitrogen and oxygen atoms in total. The summed E-state index contributed by atoms with van der Waals surface area (Å²) in [4.78, 5) is 14.5. The number of rotatable bonds is 9. The van der Waals surface area contributed by atoms with E-state index < -0.39 is 27.0 Å². The fourth-order valence-electron chi connectivity index (χ4n) is 4.45. The molecule has 2 fully saturated rings. The van der Waals surface area contributed by atoms with Crippen LogP contribution in [0.4, 0.5) is 8.78 Å². The molecule has 0 spiro atoms. The molecule has 2 aromatic carbocycles. The Morgan fingerprint density at radius 3 is 2.43 bits per heavy atom. The van der Waals surface area contributed by atoms with Gasteiger partial charge in [-0.2, -0.15) is 4.39 Å². The number of nitrogens with zero attached hydrogens (tertiary/aromatic N) is 1. The molecule has 1 amide bonds. The fourth-order valence-corrected chi connectivity index (χ4v) is 6.08. The largest absolute Gasteiger partial charge is 0.333 e. The highest BCUT2D eigenvalue weighted by Crippen LogP contribution is 2.46. The summed E-state index contributed by atoms with van der Waals surface area (Å²) >= 11 is 5.99. The molecular weight excluding hydrogens is 498 g/mol. The molecule has 4 rings (SSSR count). The van der Waals surface area contributed by atoms with E-state index in [-0.39, 0.29) is 29.9 Å². The number of sulfonamides is 1. The zero-order chi connectivity index (χ0) is 25.2. The molecule has 35 heavy (non-hydrogen) atoms. The molecular formula is C25H29ClF2N2O4S. The van der Waals surface area contributed by atoms with Crippen LogP contribution in [0.25, 0.3) is 0 Å². The van der Waals surface area contributed by atoms with Crippen molar-refractivity contribution in [2.24, 2.45) is 11.8 Å². The maximum absolute atomic E-state index is 15.8. The van der Waals surface area contributed by atoms with Crippen molar-refractivity contribution in [3.63, 3.8) is 0 Å². The lowest BCUT2D eigenvalue weighted by molar-refractivity contribution is -0.110. The molecule has 2 atom stereocenters. The third-order valence-corrected chi connectivity index (χ3v) is 8.63. The molecule has 0 bridgehead atoms. The van der Waals surface area contributed by atoms with Crippen molar-refractivity contribution in [1.82, 2.24) is 9.62 Å². The Kier molecular flexibility index (Phi) is 7.80. The second kappa shape index (κ2) is 10.5. The van der Waals surface area contributed by atoms with E-state index >= 15 is 4.39 Å². The number of hydrogen-bond donors (Lipinski definition) is 1. The summed E-state index contributed by atoms with van der Waals surface area (Å²) in [5.41, 5.74) is 0.900. The SMILES string of the molecule is C[C@H](c1cc(F)cc(Cl)c1)N1CCC(CO[C@@](F)(C2CC2)S(=O)(=O)NC(=O)c2ccccc2)CC1. The molecule has 1 aliphatic carbocycles. The maximum atomic E-state index is 15.8. The molecule has 1 saturated carbocycles. The van der Waals surface area contributed by atoms with Gasteiger partial charge in [0.2, 0.25) is 0 Å². The molecule has 2 aromatic rings.